The highest BCUT2D eigenvalue weighted by Crippen LogP contribution is 1.94. The minimum atomic E-state index is 0.708. The molecule has 86 valence electrons. The summed E-state index contributed by atoms with van der Waals surface area (Å²) in [6.07, 6.45) is 3.88. The molecule has 0 atom stereocenters. The third-order valence-electron chi connectivity index (χ3n) is 2.12. The van der Waals surface area contributed by atoms with Crippen molar-refractivity contribution in [3.05, 3.63) is 12.2 Å². The van der Waals surface area contributed by atoms with Crippen LogP contribution < -0.4 is 5.32 Å². The molecule has 1 aromatic rings. The molecule has 5 heteroatoms. The molecule has 0 saturated carbocycles. The number of hydrogen-bond acceptors (Lipinski definition) is 4. The number of aromatic nitrogens is 3. The minimum Gasteiger partial charge on any atom is -0.380 e. The molecule has 0 bridgehead atoms. The second kappa shape index (κ2) is 7.36. The molecule has 15 heavy (non-hydrogen) atoms. The van der Waals surface area contributed by atoms with Crippen LogP contribution in [0, 0.1) is 0 Å². The van der Waals surface area contributed by atoms with Gasteiger partial charge < -0.3 is 10.1 Å². The predicted octanol–water partition coefficient (Wildman–Crippen LogP) is 0.814. The van der Waals surface area contributed by atoms with E-state index in [9.17, 15) is 0 Å². The maximum absolute atomic E-state index is 5.47. The lowest BCUT2D eigenvalue weighted by Crippen LogP contribution is -2.16. The molecule has 0 amide bonds. The zero-order chi connectivity index (χ0) is 10.9. The van der Waals surface area contributed by atoms with Crippen LogP contribution in [0.3, 0.4) is 0 Å². The Balaban J connectivity index is 2.21. The Kier molecular flexibility index (Phi) is 5.96. The molecular formula is C10H20N4O. The van der Waals surface area contributed by atoms with Crippen LogP contribution in [0.4, 0.5) is 0 Å². The summed E-state index contributed by atoms with van der Waals surface area (Å²) in [5, 5.41) is 7.20. The van der Waals surface area contributed by atoms with Gasteiger partial charge in [0.05, 0.1) is 19.7 Å². The standard InChI is InChI=1S/C10H20N4O/c1-3-4-6-15-7-5-14-10(8-11-2)12-9-13-14/h9,11H,3-8H2,1-2H3. The SMILES string of the molecule is CCCCOCCn1ncnc1CNC. The summed E-state index contributed by atoms with van der Waals surface area (Å²) in [7, 11) is 1.90. The van der Waals surface area contributed by atoms with E-state index in [0.29, 0.717) is 6.61 Å². The molecule has 1 heterocycles. The first-order chi connectivity index (χ1) is 7.38. The van der Waals surface area contributed by atoms with Crippen molar-refractivity contribution < 1.29 is 4.74 Å². The van der Waals surface area contributed by atoms with Crippen molar-refractivity contribution in [1.29, 1.82) is 0 Å². The van der Waals surface area contributed by atoms with E-state index in [-0.39, 0.29) is 0 Å². The van der Waals surface area contributed by atoms with Gasteiger partial charge in [-0.1, -0.05) is 13.3 Å². The Hall–Kier alpha value is -0.940. The average molecular weight is 212 g/mol. The average Bonchev–Trinajstić information content (AvgIpc) is 2.66. The van der Waals surface area contributed by atoms with Gasteiger partial charge in [0.1, 0.15) is 12.2 Å². The van der Waals surface area contributed by atoms with Crippen molar-refractivity contribution in [3.63, 3.8) is 0 Å². The first kappa shape index (κ1) is 12.1. The minimum absolute atomic E-state index is 0.708. The highest BCUT2D eigenvalue weighted by molar-refractivity contribution is 4.82. The van der Waals surface area contributed by atoms with E-state index >= 15 is 0 Å². The van der Waals surface area contributed by atoms with Gasteiger partial charge >= 0.3 is 0 Å². The van der Waals surface area contributed by atoms with Crippen molar-refractivity contribution in [2.24, 2.45) is 0 Å². The van der Waals surface area contributed by atoms with Gasteiger partial charge in [-0.15, -0.1) is 0 Å². The molecule has 0 radical (unpaired) electrons. The number of nitrogens with one attached hydrogen (secondary N) is 1. The van der Waals surface area contributed by atoms with Crippen molar-refractivity contribution in [3.8, 4) is 0 Å². The van der Waals surface area contributed by atoms with Gasteiger partial charge in [-0.2, -0.15) is 5.10 Å². The summed E-state index contributed by atoms with van der Waals surface area (Å²) >= 11 is 0. The largest absolute Gasteiger partial charge is 0.380 e. The Labute approximate surface area is 90.8 Å². The molecular weight excluding hydrogens is 192 g/mol. The second-order valence-electron chi connectivity index (χ2n) is 3.40. The van der Waals surface area contributed by atoms with E-state index in [2.05, 4.69) is 22.3 Å². The lowest BCUT2D eigenvalue weighted by molar-refractivity contribution is 0.120. The fourth-order valence-corrected chi connectivity index (χ4v) is 1.27. The third kappa shape index (κ3) is 4.40. The highest BCUT2D eigenvalue weighted by atomic mass is 16.5. The number of nitrogens with zero attached hydrogens (tertiary/aromatic N) is 3. The summed E-state index contributed by atoms with van der Waals surface area (Å²) < 4.78 is 7.35. The van der Waals surface area contributed by atoms with Gasteiger partial charge in [0, 0.05) is 6.61 Å². The molecule has 0 aliphatic rings. The van der Waals surface area contributed by atoms with Gasteiger partial charge in [0.25, 0.3) is 0 Å². The van der Waals surface area contributed by atoms with Crippen LogP contribution in [0.15, 0.2) is 6.33 Å². The maximum Gasteiger partial charge on any atom is 0.140 e. The van der Waals surface area contributed by atoms with Crippen LogP contribution in [0.5, 0.6) is 0 Å². The van der Waals surface area contributed by atoms with E-state index in [1.807, 2.05) is 11.7 Å². The fourth-order valence-electron chi connectivity index (χ4n) is 1.27. The van der Waals surface area contributed by atoms with Gasteiger partial charge in [0.2, 0.25) is 0 Å². The Bertz CT molecular complexity index is 262. The van der Waals surface area contributed by atoms with Crippen LogP contribution in [-0.4, -0.2) is 35.0 Å². The molecule has 1 rings (SSSR count). The number of hydrogen-bond donors (Lipinski definition) is 1. The Morgan fingerprint density at radius 1 is 1.47 bits per heavy atom. The third-order valence-corrected chi connectivity index (χ3v) is 2.12. The molecule has 1 aromatic heterocycles. The summed E-state index contributed by atoms with van der Waals surface area (Å²) in [4.78, 5) is 4.15. The van der Waals surface area contributed by atoms with E-state index in [4.69, 9.17) is 4.74 Å². The summed E-state index contributed by atoms with van der Waals surface area (Å²) in [5.41, 5.74) is 0. The fraction of sp³-hybridized carbons (Fsp3) is 0.800. The molecule has 0 aliphatic carbocycles. The van der Waals surface area contributed by atoms with Crippen LogP contribution in [0.1, 0.15) is 25.6 Å². The number of rotatable bonds is 8. The zero-order valence-corrected chi connectivity index (χ0v) is 9.57. The van der Waals surface area contributed by atoms with Gasteiger partial charge in [-0.3, -0.25) is 0 Å². The van der Waals surface area contributed by atoms with Crippen LogP contribution in [-0.2, 0) is 17.8 Å². The van der Waals surface area contributed by atoms with Crippen molar-refractivity contribution in [1.82, 2.24) is 20.1 Å². The topological polar surface area (TPSA) is 52.0 Å². The van der Waals surface area contributed by atoms with Crippen molar-refractivity contribution in [2.45, 2.75) is 32.9 Å². The predicted molar refractivity (Wildman–Crippen MR) is 58.5 cm³/mol. The number of unbranched alkanes of at least 4 members (excludes halogenated alkanes) is 1. The monoisotopic (exact) mass is 212 g/mol. The lowest BCUT2D eigenvalue weighted by atomic mass is 10.4. The van der Waals surface area contributed by atoms with Gasteiger partial charge in [-0.05, 0) is 13.5 Å². The quantitative estimate of drug-likeness (QED) is 0.648. The molecule has 0 spiro atoms. The van der Waals surface area contributed by atoms with E-state index in [1.165, 1.54) is 6.42 Å². The second-order valence-corrected chi connectivity index (χ2v) is 3.40. The lowest BCUT2D eigenvalue weighted by Gasteiger charge is -2.06. The van der Waals surface area contributed by atoms with Gasteiger partial charge in [-0.25, -0.2) is 9.67 Å². The normalized spacial score (nSPS) is 10.8. The molecule has 0 fully saturated rings. The van der Waals surface area contributed by atoms with Crippen molar-refractivity contribution in [2.75, 3.05) is 20.3 Å². The summed E-state index contributed by atoms with van der Waals surface area (Å²) in [5.74, 6) is 0.955. The molecule has 0 saturated heterocycles. The Morgan fingerprint density at radius 3 is 3.07 bits per heavy atom. The Morgan fingerprint density at radius 2 is 2.33 bits per heavy atom. The molecule has 0 unspecified atom stereocenters. The van der Waals surface area contributed by atoms with Gasteiger partial charge in [0.15, 0.2) is 0 Å². The molecule has 1 N–H and O–H groups in total. The summed E-state index contributed by atoms with van der Waals surface area (Å²) in [6, 6.07) is 0. The molecule has 5 nitrogen and oxygen atoms in total. The molecule has 0 aromatic carbocycles. The first-order valence-electron chi connectivity index (χ1n) is 5.47. The zero-order valence-electron chi connectivity index (χ0n) is 9.57. The highest BCUT2D eigenvalue weighted by Gasteiger charge is 2.01. The van der Waals surface area contributed by atoms with E-state index < -0.39 is 0 Å². The van der Waals surface area contributed by atoms with Crippen molar-refractivity contribution >= 4 is 0 Å². The van der Waals surface area contributed by atoms with E-state index in [0.717, 1.165) is 31.9 Å². The van der Waals surface area contributed by atoms with Crippen LogP contribution >= 0.6 is 0 Å². The van der Waals surface area contributed by atoms with Crippen LogP contribution in [0.25, 0.3) is 0 Å². The van der Waals surface area contributed by atoms with Crippen LogP contribution in [0.2, 0.25) is 0 Å². The maximum atomic E-state index is 5.47. The smallest absolute Gasteiger partial charge is 0.140 e. The molecule has 0 aliphatic heterocycles. The van der Waals surface area contributed by atoms with E-state index in [1.54, 1.807) is 6.33 Å². The number of ether oxygens (including phenoxy) is 1. The first-order valence-corrected chi connectivity index (χ1v) is 5.47. The summed E-state index contributed by atoms with van der Waals surface area (Å²) in [6.45, 7) is 5.23.